The predicted molar refractivity (Wildman–Crippen MR) is 61.7 cm³/mol. The summed E-state index contributed by atoms with van der Waals surface area (Å²) in [5.41, 5.74) is 1.04. The zero-order valence-corrected chi connectivity index (χ0v) is 8.85. The highest BCUT2D eigenvalue weighted by Crippen LogP contribution is 2.14. The Bertz CT molecular complexity index is 358. The van der Waals surface area contributed by atoms with E-state index in [4.69, 9.17) is 0 Å². The lowest BCUT2D eigenvalue weighted by Crippen LogP contribution is -1.87. The van der Waals surface area contributed by atoms with Gasteiger partial charge in [-0.3, -0.25) is 10.1 Å². The van der Waals surface area contributed by atoms with Gasteiger partial charge in [0.2, 0.25) is 0 Å². The SMILES string of the molecule is CCCCC=Cc1cccc([N+](=O)[O-])c1. The second-order valence-electron chi connectivity index (χ2n) is 3.40. The average Bonchev–Trinajstić information content (AvgIpc) is 2.25. The minimum absolute atomic E-state index is 0.146. The summed E-state index contributed by atoms with van der Waals surface area (Å²) in [6.45, 7) is 2.14. The van der Waals surface area contributed by atoms with Crippen LogP contribution in [0, 0.1) is 10.1 Å². The van der Waals surface area contributed by atoms with Crippen molar-refractivity contribution in [2.45, 2.75) is 26.2 Å². The number of nitro groups is 1. The number of allylic oxidation sites excluding steroid dienone is 1. The van der Waals surface area contributed by atoms with E-state index in [1.807, 2.05) is 12.1 Å². The van der Waals surface area contributed by atoms with Gasteiger partial charge in [-0.25, -0.2) is 0 Å². The molecule has 0 saturated heterocycles. The summed E-state index contributed by atoms with van der Waals surface area (Å²) in [7, 11) is 0. The molecule has 0 heterocycles. The average molecular weight is 205 g/mol. The molecular weight excluding hydrogens is 190 g/mol. The number of hydrogen-bond acceptors (Lipinski definition) is 2. The first-order valence-electron chi connectivity index (χ1n) is 5.15. The molecule has 0 aliphatic heterocycles. The predicted octanol–water partition coefficient (Wildman–Crippen LogP) is 3.80. The van der Waals surface area contributed by atoms with Crippen molar-refractivity contribution in [2.75, 3.05) is 0 Å². The number of rotatable bonds is 5. The molecule has 0 fully saturated rings. The summed E-state index contributed by atoms with van der Waals surface area (Å²) in [5, 5.41) is 10.5. The molecule has 0 spiro atoms. The molecule has 0 radical (unpaired) electrons. The van der Waals surface area contributed by atoms with Crippen LogP contribution >= 0.6 is 0 Å². The van der Waals surface area contributed by atoms with Gasteiger partial charge in [0.05, 0.1) is 4.92 Å². The standard InChI is InChI=1S/C12H15NO2/c1-2-3-4-5-7-11-8-6-9-12(10-11)13(14)15/h5-10H,2-4H2,1H3. The number of benzene rings is 1. The first kappa shape index (κ1) is 11.4. The highest BCUT2D eigenvalue weighted by molar-refractivity contribution is 5.53. The Morgan fingerprint density at radius 3 is 2.93 bits per heavy atom. The molecule has 1 aromatic carbocycles. The molecule has 3 nitrogen and oxygen atoms in total. The highest BCUT2D eigenvalue weighted by Gasteiger charge is 2.02. The summed E-state index contributed by atoms with van der Waals surface area (Å²) in [6.07, 6.45) is 7.34. The quantitative estimate of drug-likeness (QED) is 0.417. The molecule has 0 atom stereocenters. The van der Waals surface area contributed by atoms with Crippen LogP contribution in [-0.4, -0.2) is 4.92 Å². The van der Waals surface area contributed by atoms with Crippen LogP contribution in [0.5, 0.6) is 0 Å². The van der Waals surface area contributed by atoms with Crippen LogP contribution in [0.3, 0.4) is 0 Å². The van der Waals surface area contributed by atoms with Gasteiger partial charge in [0.1, 0.15) is 0 Å². The van der Waals surface area contributed by atoms with Gasteiger partial charge in [-0.1, -0.05) is 44.1 Å². The van der Waals surface area contributed by atoms with Crippen molar-refractivity contribution < 1.29 is 4.92 Å². The molecule has 0 aromatic heterocycles. The van der Waals surface area contributed by atoms with Gasteiger partial charge < -0.3 is 0 Å². The molecule has 0 amide bonds. The van der Waals surface area contributed by atoms with Crippen LogP contribution in [-0.2, 0) is 0 Å². The van der Waals surface area contributed by atoms with Gasteiger partial charge in [0.25, 0.3) is 5.69 Å². The van der Waals surface area contributed by atoms with Crippen molar-refractivity contribution in [1.29, 1.82) is 0 Å². The Hall–Kier alpha value is -1.64. The molecule has 0 aliphatic rings. The summed E-state index contributed by atoms with van der Waals surface area (Å²) < 4.78 is 0. The maximum Gasteiger partial charge on any atom is 0.270 e. The Kier molecular flexibility index (Phi) is 4.54. The van der Waals surface area contributed by atoms with Gasteiger partial charge in [0, 0.05) is 12.1 Å². The van der Waals surface area contributed by atoms with Crippen molar-refractivity contribution in [3.05, 3.63) is 46.0 Å². The molecule has 0 unspecified atom stereocenters. The van der Waals surface area contributed by atoms with Crippen LogP contribution in [0.1, 0.15) is 31.7 Å². The van der Waals surface area contributed by atoms with E-state index in [0.717, 1.165) is 18.4 Å². The number of non-ortho nitro benzene ring substituents is 1. The van der Waals surface area contributed by atoms with E-state index in [0.29, 0.717) is 0 Å². The van der Waals surface area contributed by atoms with Crippen molar-refractivity contribution in [1.82, 2.24) is 0 Å². The Morgan fingerprint density at radius 2 is 2.27 bits per heavy atom. The number of nitrogens with zero attached hydrogens (tertiary/aromatic N) is 1. The van der Waals surface area contributed by atoms with E-state index in [-0.39, 0.29) is 10.6 Å². The zero-order valence-electron chi connectivity index (χ0n) is 8.85. The molecule has 0 saturated carbocycles. The van der Waals surface area contributed by atoms with Crippen molar-refractivity contribution >= 4 is 11.8 Å². The summed E-state index contributed by atoms with van der Waals surface area (Å²) in [4.78, 5) is 10.1. The molecule has 1 rings (SSSR count). The maximum absolute atomic E-state index is 10.5. The van der Waals surface area contributed by atoms with Crippen LogP contribution < -0.4 is 0 Å². The maximum atomic E-state index is 10.5. The number of hydrogen-bond donors (Lipinski definition) is 0. The number of unbranched alkanes of at least 4 members (excludes halogenated alkanes) is 2. The van der Waals surface area contributed by atoms with Gasteiger partial charge in [0.15, 0.2) is 0 Å². The Balaban J connectivity index is 2.65. The van der Waals surface area contributed by atoms with E-state index in [9.17, 15) is 10.1 Å². The third-order valence-corrected chi connectivity index (χ3v) is 2.12. The van der Waals surface area contributed by atoms with Crippen LogP contribution in [0.15, 0.2) is 30.3 Å². The second kappa shape index (κ2) is 5.96. The molecule has 3 heteroatoms. The first-order valence-corrected chi connectivity index (χ1v) is 5.15. The fourth-order valence-corrected chi connectivity index (χ4v) is 1.28. The van der Waals surface area contributed by atoms with E-state index in [2.05, 4.69) is 13.0 Å². The first-order chi connectivity index (χ1) is 7.24. The molecule has 0 aliphatic carbocycles. The lowest BCUT2D eigenvalue weighted by molar-refractivity contribution is -0.384. The van der Waals surface area contributed by atoms with Crippen molar-refractivity contribution in [3.8, 4) is 0 Å². The molecule has 15 heavy (non-hydrogen) atoms. The van der Waals surface area contributed by atoms with Crippen molar-refractivity contribution in [3.63, 3.8) is 0 Å². The molecule has 1 aromatic rings. The zero-order chi connectivity index (χ0) is 11.1. The van der Waals surface area contributed by atoms with Crippen LogP contribution in [0.25, 0.3) is 6.08 Å². The van der Waals surface area contributed by atoms with Gasteiger partial charge in [-0.05, 0) is 12.0 Å². The lowest BCUT2D eigenvalue weighted by atomic mass is 10.1. The molecule has 0 N–H and O–H groups in total. The monoisotopic (exact) mass is 205 g/mol. The summed E-state index contributed by atoms with van der Waals surface area (Å²) in [5.74, 6) is 0. The van der Waals surface area contributed by atoms with Crippen LogP contribution in [0.2, 0.25) is 0 Å². The topological polar surface area (TPSA) is 43.1 Å². The smallest absolute Gasteiger partial charge is 0.258 e. The second-order valence-corrected chi connectivity index (χ2v) is 3.40. The van der Waals surface area contributed by atoms with E-state index in [1.165, 1.54) is 12.5 Å². The minimum atomic E-state index is -0.372. The molecule has 0 bridgehead atoms. The van der Waals surface area contributed by atoms with Gasteiger partial charge in [-0.2, -0.15) is 0 Å². The fourth-order valence-electron chi connectivity index (χ4n) is 1.28. The highest BCUT2D eigenvalue weighted by atomic mass is 16.6. The van der Waals surface area contributed by atoms with Gasteiger partial charge >= 0.3 is 0 Å². The number of nitro benzene ring substituents is 1. The minimum Gasteiger partial charge on any atom is -0.258 e. The molecular formula is C12H15NO2. The van der Waals surface area contributed by atoms with Gasteiger partial charge in [-0.15, -0.1) is 0 Å². The largest absolute Gasteiger partial charge is 0.270 e. The Labute approximate surface area is 89.6 Å². The normalized spacial score (nSPS) is 10.7. The third kappa shape index (κ3) is 3.94. The summed E-state index contributed by atoms with van der Waals surface area (Å²) >= 11 is 0. The van der Waals surface area contributed by atoms with Crippen molar-refractivity contribution in [2.24, 2.45) is 0 Å². The Morgan fingerprint density at radius 1 is 1.47 bits per heavy atom. The molecule has 80 valence electrons. The lowest BCUT2D eigenvalue weighted by Gasteiger charge is -1.94. The van der Waals surface area contributed by atoms with Crippen LogP contribution in [0.4, 0.5) is 5.69 Å². The van der Waals surface area contributed by atoms with E-state index >= 15 is 0 Å². The fraction of sp³-hybridized carbons (Fsp3) is 0.333. The summed E-state index contributed by atoms with van der Waals surface area (Å²) in [6, 6.07) is 6.67. The van der Waals surface area contributed by atoms with E-state index in [1.54, 1.807) is 12.1 Å². The van der Waals surface area contributed by atoms with E-state index < -0.39 is 0 Å². The third-order valence-electron chi connectivity index (χ3n) is 2.12.